The fourth-order valence-electron chi connectivity index (χ4n) is 2.46. The number of hydrogen-bond acceptors (Lipinski definition) is 4. The SMILES string of the molecule is CCOC(=O)C1CCCN(C(=O)c2ccc(N)c(Br)c2)C1. The van der Waals surface area contributed by atoms with Crippen LogP contribution in [0.25, 0.3) is 0 Å². The van der Waals surface area contributed by atoms with E-state index in [1.54, 1.807) is 30.0 Å². The number of ether oxygens (including phenoxy) is 1. The number of nitrogen functional groups attached to an aromatic ring is 1. The second kappa shape index (κ2) is 6.93. The molecule has 1 unspecified atom stereocenters. The molecule has 21 heavy (non-hydrogen) atoms. The highest BCUT2D eigenvalue weighted by molar-refractivity contribution is 9.10. The van der Waals surface area contributed by atoms with Crippen LogP contribution in [0.3, 0.4) is 0 Å². The van der Waals surface area contributed by atoms with E-state index in [1.165, 1.54) is 0 Å². The molecule has 6 heteroatoms. The van der Waals surface area contributed by atoms with E-state index < -0.39 is 0 Å². The van der Waals surface area contributed by atoms with Crippen LogP contribution in [-0.2, 0) is 9.53 Å². The lowest BCUT2D eigenvalue weighted by Crippen LogP contribution is -2.42. The molecule has 0 spiro atoms. The minimum absolute atomic E-state index is 0.0790. The van der Waals surface area contributed by atoms with Gasteiger partial charge in [0.05, 0.1) is 12.5 Å². The highest BCUT2D eigenvalue weighted by Gasteiger charge is 2.29. The minimum Gasteiger partial charge on any atom is -0.466 e. The van der Waals surface area contributed by atoms with Gasteiger partial charge in [0, 0.05) is 28.8 Å². The van der Waals surface area contributed by atoms with Crippen molar-refractivity contribution in [3.05, 3.63) is 28.2 Å². The first-order chi connectivity index (χ1) is 10.0. The lowest BCUT2D eigenvalue weighted by Gasteiger charge is -2.31. The van der Waals surface area contributed by atoms with Crippen LogP contribution in [0.5, 0.6) is 0 Å². The van der Waals surface area contributed by atoms with Crippen molar-refractivity contribution in [2.75, 3.05) is 25.4 Å². The second-order valence-corrected chi connectivity index (χ2v) is 5.93. The van der Waals surface area contributed by atoms with E-state index in [9.17, 15) is 9.59 Å². The van der Waals surface area contributed by atoms with Gasteiger partial charge < -0.3 is 15.4 Å². The molecular weight excluding hydrogens is 336 g/mol. The quantitative estimate of drug-likeness (QED) is 0.668. The monoisotopic (exact) mass is 354 g/mol. The molecule has 1 heterocycles. The van der Waals surface area contributed by atoms with Crippen LogP contribution in [0.1, 0.15) is 30.1 Å². The van der Waals surface area contributed by atoms with Crippen molar-refractivity contribution >= 4 is 33.5 Å². The summed E-state index contributed by atoms with van der Waals surface area (Å²) in [5.74, 6) is -0.516. The third kappa shape index (κ3) is 3.75. The van der Waals surface area contributed by atoms with Gasteiger partial charge in [0.25, 0.3) is 5.91 Å². The van der Waals surface area contributed by atoms with Gasteiger partial charge in [-0.05, 0) is 53.9 Å². The third-order valence-corrected chi connectivity index (χ3v) is 4.26. The van der Waals surface area contributed by atoms with Crippen molar-refractivity contribution in [1.82, 2.24) is 4.90 Å². The van der Waals surface area contributed by atoms with E-state index in [0.29, 0.717) is 35.4 Å². The summed E-state index contributed by atoms with van der Waals surface area (Å²) in [6, 6.07) is 5.12. The van der Waals surface area contributed by atoms with Crippen LogP contribution in [-0.4, -0.2) is 36.5 Å². The number of esters is 1. The molecule has 1 atom stereocenters. The number of carbonyl (C=O) groups is 2. The second-order valence-electron chi connectivity index (χ2n) is 5.08. The van der Waals surface area contributed by atoms with Crippen LogP contribution in [0.4, 0.5) is 5.69 Å². The van der Waals surface area contributed by atoms with Gasteiger partial charge in [-0.25, -0.2) is 0 Å². The number of rotatable bonds is 3. The van der Waals surface area contributed by atoms with Gasteiger partial charge in [-0.2, -0.15) is 0 Å². The number of carbonyl (C=O) groups excluding carboxylic acids is 2. The Labute approximate surface area is 132 Å². The van der Waals surface area contributed by atoms with E-state index >= 15 is 0 Å². The van der Waals surface area contributed by atoms with Crippen LogP contribution >= 0.6 is 15.9 Å². The fourth-order valence-corrected chi connectivity index (χ4v) is 2.84. The minimum atomic E-state index is -0.222. The number of anilines is 1. The maximum atomic E-state index is 12.5. The Balaban J connectivity index is 2.08. The normalized spacial score (nSPS) is 18.4. The molecule has 1 amide bonds. The number of nitrogens with zero attached hydrogens (tertiary/aromatic N) is 1. The van der Waals surface area contributed by atoms with Crippen molar-refractivity contribution < 1.29 is 14.3 Å². The molecule has 1 fully saturated rings. The number of benzene rings is 1. The van der Waals surface area contributed by atoms with Gasteiger partial charge in [-0.15, -0.1) is 0 Å². The lowest BCUT2D eigenvalue weighted by atomic mass is 9.97. The Kier molecular flexibility index (Phi) is 5.22. The van der Waals surface area contributed by atoms with Gasteiger partial charge >= 0.3 is 5.97 Å². The molecule has 0 radical (unpaired) electrons. The van der Waals surface area contributed by atoms with Gasteiger partial charge in [-0.3, -0.25) is 9.59 Å². The molecule has 0 saturated carbocycles. The molecule has 0 aromatic heterocycles. The van der Waals surface area contributed by atoms with Gasteiger partial charge in [-0.1, -0.05) is 0 Å². The summed E-state index contributed by atoms with van der Waals surface area (Å²) >= 11 is 3.32. The molecule has 0 aliphatic carbocycles. The summed E-state index contributed by atoms with van der Waals surface area (Å²) in [6.45, 7) is 3.24. The van der Waals surface area contributed by atoms with Crippen LogP contribution in [0, 0.1) is 5.92 Å². The Bertz CT molecular complexity index is 548. The van der Waals surface area contributed by atoms with Crippen molar-refractivity contribution in [3.63, 3.8) is 0 Å². The Morgan fingerprint density at radius 2 is 2.24 bits per heavy atom. The average Bonchev–Trinajstić information content (AvgIpc) is 2.49. The van der Waals surface area contributed by atoms with Crippen LogP contribution < -0.4 is 5.73 Å². The first-order valence-corrected chi connectivity index (χ1v) is 7.83. The third-order valence-electron chi connectivity index (χ3n) is 3.58. The number of amides is 1. The zero-order valence-corrected chi connectivity index (χ0v) is 13.6. The Morgan fingerprint density at radius 1 is 1.48 bits per heavy atom. The molecule has 114 valence electrons. The zero-order valence-electron chi connectivity index (χ0n) is 12.0. The first-order valence-electron chi connectivity index (χ1n) is 7.04. The predicted octanol–water partition coefficient (Wildman–Crippen LogP) is 2.45. The largest absolute Gasteiger partial charge is 0.466 e. The summed E-state index contributed by atoms with van der Waals surface area (Å²) in [6.07, 6.45) is 1.58. The standard InChI is InChI=1S/C15H19BrN2O3/c1-2-21-15(20)11-4-3-7-18(9-11)14(19)10-5-6-13(17)12(16)8-10/h5-6,8,11H,2-4,7,9,17H2,1H3. The zero-order chi connectivity index (χ0) is 15.4. The number of likely N-dealkylation sites (tertiary alicyclic amines) is 1. The predicted molar refractivity (Wildman–Crippen MR) is 83.8 cm³/mol. The number of nitrogens with two attached hydrogens (primary N) is 1. The van der Waals surface area contributed by atoms with E-state index in [2.05, 4.69) is 15.9 Å². The summed E-state index contributed by atoms with van der Waals surface area (Å²) < 4.78 is 5.75. The molecule has 5 nitrogen and oxygen atoms in total. The first kappa shape index (κ1) is 15.8. The molecule has 2 N–H and O–H groups in total. The smallest absolute Gasteiger partial charge is 0.310 e. The molecule has 0 bridgehead atoms. The van der Waals surface area contributed by atoms with E-state index in [1.807, 2.05) is 0 Å². The van der Waals surface area contributed by atoms with Crippen molar-refractivity contribution in [2.24, 2.45) is 5.92 Å². The number of halogens is 1. The van der Waals surface area contributed by atoms with Gasteiger partial charge in [0.1, 0.15) is 0 Å². The fraction of sp³-hybridized carbons (Fsp3) is 0.467. The summed E-state index contributed by atoms with van der Waals surface area (Å²) in [4.78, 5) is 26.0. The number of piperidine rings is 1. The molecular formula is C15H19BrN2O3. The highest BCUT2D eigenvalue weighted by Crippen LogP contribution is 2.24. The Morgan fingerprint density at radius 3 is 2.90 bits per heavy atom. The van der Waals surface area contributed by atoms with E-state index in [4.69, 9.17) is 10.5 Å². The van der Waals surface area contributed by atoms with E-state index in [-0.39, 0.29) is 17.8 Å². The van der Waals surface area contributed by atoms with Crippen LogP contribution in [0.2, 0.25) is 0 Å². The molecule has 1 saturated heterocycles. The molecule has 2 rings (SSSR count). The van der Waals surface area contributed by atoms with Gasteiger partial charge in [0.15, 0.2) is 0 Å². The maximum absolute atomic E-state index is 12.5. The van der Waals surface area contributed by atoms with Crippen molar-refractivity contribution in [3.8, 4) is 0 Å². The molecule has 1 aliphatic rings. The topological polar surface area (TPSA) is 72.6 Å². The van der Waals surface area contributed by atoms with Crippen molar-refractivity contribution in [2.45, 2.75) is 19.8 Å². The molecule has 1 aliphatic heterocycles. The highest BCUT2D eigenvalue weighted by atomic mass is 79.9. The summed E-state index contributed by atoms with van der Waals surface area (Å²) in [7, 11) is 0. The van der Waals surface area contributed by atoms with Crippen LogP contribution in [0.15, 0.2) is 22.7 Å². The molecule has 1 aromatic carbocycles. The van der Waals surface area contributed by atoms with E-state index in [0.717, 1.165) is 12.8 Å². The lowest BCUT2D eigenvalue weighted by molar-refractivity contribution is -0.149. The molecule has 1 aromatic rings. The summed E-state index contributed by atoms with van der Waals surface area (Å²) in [5.41, 5.74) is 6.89. The average molecular weight is 355 g/mol. The maximum Gasteiger partial charge on any atom is 0.310 e. The van der Waals surface area contributed by atoms with Gasteiger partial charge in [0.2, 0.25) is 0 Å². The Hall–Kier alpha value is -1.56. The van der Waals surface area contributed by atoms with Crippen molar-refractivity contribution in [1.29, 1.82) is 0 Å². The number of hydrogen-bond donors (Lipinski definition) is 1. The summed E-state index contributed by atoms with van der Waals surface area (Å²) in [5, 5.41) is 0.